The van der Waals surface area contributed by atoms with Crippen LogP contribution in [0.3, 0.4) is 0 Å². The minimum Gasteiger partial charge on any atom is -0.378 e. The summed E-state index contributed by atoms with van der Waals surface area (Å²) in [5.41, 5.74) is -0.105. The number of allylic oxidation sites excluding steroid dienone is 1. The molecule has 202 valence electrons. The van der Waals surface area contributed by atoms with Gasteiger partial charge in [-0.25, -0.2) is 22.0 Å². The Labute approximate surface area is 221 Å². The van der Waals surface area contributed by atoms with Crippen LogP contribution in [-0.4, -0.2) is 12.7 Å². The number of rotatable bonds is 10. The molecule has 0 saturated carbocycles. The molecule has 0 aliphatic carbocycles. The lowest BCUT2D eigenvalue weighted by Gasteiger charge is -2.29. The van der Waals surface area contributed by atoms with Crippen LogP contribution >= 0.6 is 0 Å². The van der Waals surface area contributed by atoms with E-state index in [1.165, 1.54) is 36.4 Å². The van der Waals surface area contributed by atoms with Crippen LogP contribution in [0.25, 0.3) is 22.3 Å². The number of hydrogen-bond donors (Lipinski definition) is 0. The minimum atomic E-state index is -1.31. The van der Waals surface area contributed by atoms with Crippen molar-refractivity contribution in [1.82, 2.24) is 0 Å². The number of benzene rings is 3. The first kappa shape index (κ1) is 28.0. The molecule has 3 aromatic carbocycles. The third-order valence-corrected chi connectivity index (χ3v) is 7.41. The molecule has 1 nitrogen and oxygen atoms in total. The summed E-state index contributed by atoms with van der Waals surface area (Å²) in [6.07, 6.45) is 8.05. The van der Waals surface area contributed by atoms with Gasteiger partial charge >= 0.3 is 0 Å². The zero-order valence-corrected chi connectivity index (χ0v) is 21.6. The van der Waals surface area contributed by atoms with Gasteiger partial charge in [0.2, 0.25) is 0 Å². The predicted octanol–water partition coefficient (Wildman–Crippen LogP) is 9.36. The van der Waals surface area contributed by atoms with Gasteiger partial charge in [0.15, 0.2) is 23.3 Å². The van der Waals surface area contributed by atoms with E-state index in [9.17, 15) is 8.78 Å². The van der Waals surface area contributed by atoms with E-state index in [1.807, 2.05) is 0 Å². The second kappa shape index (κ2) is 12.7. The largest absolute Gasteiger partial charge is 0.378 e. The molecule has 0 bridgehead atoms. The molecule has 1 heterocycles. The Balaban J connectivity index is 1.51. The van der Waals surface area contributed by atoms with E-state index >= 15 is 13.2 Å². The van der Waals surface area contributed by atoms with Crippen molar-refractivity contribution >= 4 is 0 Å². The van der Waals surface area contributed by atoms with E-state index < -0.39 is 29.1 Å². The van der Waals surface area contributed by atoms with Crippen molar-refractivity contribution < 1.29 is 26.7 Å². The van der Waals surface area contributed by atoms with E-state index in [1.54, 1.807) is 6.08 Å². The van der Waals surface area contributed by atoms with Crippen LogP contribution in [0.1, 0.15) is 56.6 Å². The summed E-state index contributed by atoms with van der Waals surface area (Å²) in [5.74, 6) is -5.07. The Morgan fingerprint density at radius 1 is 0.789 bits per heavy atom. The Morgan fingerprint density at radius 3 is 2.11 bits per heavy atom. The van der Waals surface area contributed by atoms with Crippen LogP contribution in [0.15, 0.2) is 55.1 Å². The lowest BCUT2D eigenvalue weighted by Crippen LogP contribution is -2.26. The van der Waals surface area contributed by atoms with Gasteiger partial charge in [-0.05, 0) is 73.6 Å². The molecular formula is C32H33F5O. The Morgan fingerprint density at radius 2 is 1.45 bits per heavy atom. The minimum absolute atomic E-state index is 0.155. The van der Waals surface area contributed by atoms with E-state index in [0.717, 1.165) is 31.7 Å². The molecule has 1 aliphatic rings. The molecule has 4 rings (SSSR count). The molecule has 6 heteroatoms. The van der Waals surface area contributed by atoms with Gasteiger partial charge in [0.25, 0.3) is 0 Å². The molecule has 3 aromatic rings. The van der Waals surface area contributed by atoms with Crippen LogP contribution in [0.5, 0.6) is 0 Å². The van der Waals surface area contributed by atoms with Crippen LogP contribution < -0.4 is 0 Å². The molecule has 0 N–H and O–H groups in total. The average Bonchev–Trinajstić information content (AvgIpc) is 2.92. The molecule has 0 aromatic heterocycles. The topological polar surface area (TPSA) is 9.23 Å². The van der Waals surface area contributed by atoms with E-state index in [0.29, 0.717) is 37.9 Å². The van der Waals surface area contributed by atoms with Crippen molar-refractivity contribution in [3.8, 4) is 22.3 Å². The van der Waals surface area contributed by atoms with Crippen molar-refractivity contribution in [3.63, 3.8) is 0 Å². The molecule has 2 atom stereocenters. The molecule has 1 fully saturated rings. The van der Waals surface area contributed by atoms with Gasteiger partial charge in [-0.15, -0.1) is 6.58 Å². The van der Waals surface area contributed by atoms with Gasteiger partial charge in [-0.1, -0.05) is 55.8 Å². The van der Waals surface area contributed by atoms with Crippen LogP contribution in [0.4, 0.5) is 22.0 Å². The summed E-state index contributed by atoms with van der Waals surface area (Å²) in [7, 11) is 0. The summed E-state index contributed by atoms with van der Waals surface area (Å²) in [6, 6.07) is 9.35. The summed E-state index contributed by atoms with van der Waals surface area (Å²) in [5, 5.41) is 0. The lowest BCUT2D eigenvalue weighted by atomic mass is 9.90. The first-order valence-corrected chi connectivity index (χ1v) is 13.3. The highest BCUT2D eigenvalue weighted by Crippen LogP contribution is 2.35. The van der Waals surface area contributed by atoms with Crippen molar-refractivity contribution in [2.45, 2.75) is 64.4 Å². The van der Waals surface area contributed by atoms with Crippen molar-refractivity contribution in [2.24, 2.45) is 5.92 Å². The smallest absolute Gasteiger partial charge is 0.167 e. The Bertz CT molecular complexity index is 1280. The molecule has 38 heavy (non-hydrogen) atoms. The summed E-state index contributed by atoms with van der Waals surface area (Å²) in [4.78, 5) is 0. The SMILES string of the molecule is C=CCCc1ccc(-c2ccc(-c3ccc(CCC4CCC(CCC)OC4)c(F)c3F)c(F)c2F)cc1F. The molecule has 2 unspecified atom stereocenters. The number of halogens is 5. The monoisotopic (exact) mass is 528 g/mol. The van der Waals surface area contributed by atoms with Crippen LogP contribution in [0.2, 0.25) is 0 Å². The fraction of sp³-hybridized carbons (Fsp3) is 0.375. The second-order valence-corrected chi connectivity index (χ2v) is 10.0. The van der Waals surface area contributed by atoms with E-state index in [-0.39, 0.29) is 39.8 Å². The standard InChI is InChI=1S/C32H33F5O/c1-3-5-7-21-11-12-23(18-28(21)33)25-16-17-27(32(37)30(25)35)26-15-13-22(29(34)31(26)36)10-8-20-9-14-24(6-4-2)38-19-20/h3,11-13,15-18,20,24H,1,4-10,14,19H2,2H3. The predicted molar refractivity (Wildman–Crippen MR) is 141 cm³/mol. The maximum Gasteiger partial charge on any atom is 0.167 e. The molecule has 1 aliphatic heterocycles. The van der Waals surface area contributed by atoms with Gasteiger partial charge in [-0.3, -0.25) is 0 Å². The Kier molecular flexibility index (Phi) is 9.37. The van der Waals surface area contributed by atoms with Gasteiger partial charge < -0.3 is 4.74 Å². The van der Waals surface area contributed by atoms with Crippen molar-refractivity contribution in [2.75, 3.05) is 6.61 Å². The molecule has 0 amide bonds. The van der Waals surface area contributed by atoms with Gasteiger partial charge in [0.05, 0.1) is 6.10 Å². The van der Waals surface area contributed by atoms with Gasteiger partial charge in [-0.2, -0.15) is 0 Å². The zero-order valence-electron chi connectivity index (χ0n) is 21.6. The third-order valence-electron chi connectivity index (χ3n) is 7.41. The molecule has 1 saturated heterocycles. The number of hydrogen-bond acceptors (Lipinski definition) is 1. The lowest BCUT2D eigenvalue weighted by molar-refractivity contribution is -0.0218. The molecule has 0 radical (unpaired) electrons. The summed E-state index contributed by atoms with van der Waals surface area (Å²) < 4.78 is 80.4. The van der Waals surface area contributed by atoms with Gasteiger partial charge in [0.1, 0.15) is 5.82 Å². The van der Waals surface area contributed by atoms with Crippen LogP contribution in [-0.2, 0) is 17.6 Å². The first-order valence-electron chi connectivity index (χ1n) is 13.3. The highest BCUT2D eigenvalue weighted by Gasteiger charge is 2.24. The van der Waals surface area contributed by atoms with E-state index in [2.05, 4.69) is 13.5 Å². The highest BCUT2D eigenvalue weighted by atomic mass is 19.2. The highest BCUT2D eigenvalue weighted by molar-refractivity contribution is 5.72. The van der Waals surface area contributed by atoms with E-state index in [4.69, 9.17) is 4.74 Å². The molecular weight excluding hydrogens is 495 g/mol. The van der Waals surface area contributed by atoms with Gasteiger partial charge in [0, 0.05) is 23.3 Å². The first-order chi connectivity index (χ1) is 18.3. The van der Waals surface area contributed by atoms with Crippen molar-refractivity contribution in [3.05, 3.63) is 95.3 Å². The fourth-order valence-electron chi connectivity index (χ4n) is 5.14. The zero-order chi connectivity index (χ0) is 27.2. The quantitative estimate of drug-likeness (QED) is 0.188. The maximum atomic E-state index is 15.1. The second-order valence-electron chi connectivity index (χ2n) is 10.0. The third kappa shape index (κ3) is 6.17. The maximum absolute atomic E-state index is 15.1. The Hall–Kier alpha value is -2.99. The number of aryl methyl sites for hydroxylation is 2. The normalized spacial score (nSPS) is 17.5. The van der Waals surface area contributed by atoms with Crippen molar-refractivity contribution in [1.29, 1.82) is 0 Å². The summed E-state index contributed by atoms with van der Waals surface area (Å²) >= 11 is 0. The van der Waals surface area contributed by atoms with Crippen LogP contribution in [0, 0.1) is 35.0 Å². The summed E-state index contributed by atoms with van der Waals surface area (Å²) in [6.45, 7) is 6.35. The number of ether oxygens (including phenoxy) is 1. The average molecular weight is 529 g/mol. The molecule has 0 spiro atoms. The fourth-order valence-corrected chi connectivity index (χ4v) is 5.14.